The molecule has 2 fully saturated rings. The number of aliphatic hydroxyl groups is 1. The lowest BCUT2D eigenvalue weighted by Crippen LogP contribution is -2.55. The monoisotopic (exact) mass is 605 g/mol. The number of nitrogens with zero attached hydrogens (tertiary/aromatic N) is 5. The van der Waals surface area contributed by atoms with Gasteiger partial charge in [0.25, 0.3) is 5.91 Å². The van der Waals surface area contributed by atoms with Crippen molar-refractivity contribution in [2.45, 2.75) is 26.1 Å². The van der Waals surface area contributed by atoms with Crippen LogP contribution in [0.15, 0.2) is 61.1 Å². The number of amides is 2. The number of piperidine rings is 1. The standard InChI is InChI=1S/C31H33F2N7O4/c1-19-16-21(4-7-23(19)29(42)39-12-8-24(26(41)18-39)30(43)38-13-9-34-10-14-38)37-27-28-36-17-25(40(28)15-11-35-27)20-2-5-22(6-3-20)44-31(32)33/h2-7,11,15-17,24,26,31,34,41H,8-10,12-14,18H2,1H3,(H,35,37). The highest BCUT2D eigenvalue weighted by Gasteiger charge is 2.37. The van der Waals surface area contributed by atoms with Crippen molar-refractivity contribution in [3.8, 4) is 17.0 Å². The summed E-state index contributed by atoms with van der Waals surface area (Å²) in [5.41, 5.74) is 4.03. The van der Waals surface area contributed by atoms with E-state index in [4.69, 9.17) is 0 Å². The van der Waals surface area contributed by atoms with Crippen molar-refractivity contribution < 1.29 is 28.2 Å². The molecule has 2 aliphatic heterocycles. The van der Waals surface area contributed by atoms with Crippen LogP contribution < -0.4 is 15.4 Å². The lowest BCUT2D eigenvalue weighted by Gasteiger charge is -2.38. The molecule has 4 aromatic rings. The number of carbonyl (C=O) groups excluding carboxylic acids is 2. The second-order valence-electron chi connectivity index (χ2n) is 11.0. The van der Waals surface area contributed by atoms with E-state index in [1.165, 1.54) is 12.1 Å². The fourth-order valence-electron chi connectivity index (χ4n) is 5.84. The zero-order valence-electron chi connectivity index (χ0n) is 24.1. The molecule has 0 saturated carbocycles. The third kappa shape index (κ3) is 6.06. The second kappa shape index (κ2) is 12.5. The molecule has 2 aromatic carbocycles. The lowest BCUT2D eigenvalue weighted by atomic mass is 9.91. The predicted molar refractivity (Wildman–Crippen MR) is 159 cm³/mol. The first-order valence-corrected chi connectivity index (χ1v) is 14.5. The van der Waals surface area contributed by atoms with Crippen LogP contribution in [0.5, 0.6) is 5.75 Å². The number of fused-ring (bicyclic) bond motifs is 1. The molecule has 0 bridgehead atoms. The number of hydrogen-bond donors (Lipinski definition) is 3. The zero-order valence-corrected chi connectivity index (χ0v) is 24.1. The molecule has 2 aliphatic rings. The summed E-state index contributed by atoms with van der Waals surface area (Å²) in [6.45, 7) is 2.21. The Morgan fingerprint density at radius 3 is 2.55 bits per heavy atom. The Morgan fingerprint density at radius 2 is 1.84 bits per heavy atom. The summed E-state index contributed by atoms with van der Waals surface area (Å²) in [5, 5.41) is 17.3. The van der Waals surface area contributed by atoms with Crippen LogP contribution in [0.3, 0.4) is 0 Å². The van der Waals surface area contributed by atoms with Gasteiger partial charge in [-0.3, -0.25) is 14.0 Å². The molecular formula is C31H33F2N7O4. The molecule has 2 aromatic heterocycles. The topological polar surface area (TPSA) is 124 Å². The second-order valence-corrected chi connectivity index (χ2v) is 11.0. The maximum atomic E-state index is 13.4. The van der Waals surface area contributed by atoms with Crippen molar-refractivity contribution in [1.82, 2.24) is 29.5 Å². The molecule has 13 heteroatoms. The molecule has 44 heavy (non-hydrogen) atoms. The highest BCUT2D eigenvalue weighted by molar-refractivity contribution is 5.96. The number of hydrogen-bond acceptors (Lipinski definition) is 8. The van der Waals surface area contributed by atoms with Gasteiger partial charge in [-0.15, -0.1) is 0 Å². The summed E-state index contributed by atoms with van der Waals surface area (Å²) in [6.07, 6.45) is 4.57. The number of anilines is 2. The number of imidazole rings is 1. The van der Waals surface area contributed by atoms with E-state index in [2.05, 4.69) is 25.3 Å². The highest BCUT2D eigenvalue weighted by Crippen LogP contribution is 2.29. The van der Waals surface area contributed by atoms with Gasteiger partial charge in [0.2, 0.25) is 5.91 Å². The Morgan fingerprint density at radius 1 is 1.07 bits per heavy atom. The van der Waals surface area contributed by atoms with E-state index in [1.54, 1.807) is 52.7 Å². The number of likely N-dealkylation sites (tertiary alicyclic amines) is 1. The maximum Gasteiger partial charge on any atom is 0.387 e. The molecule has 0 spiro atoms. The van der Waals surface area contributed by atoms with Crippen LogP contribution in [-0.2, 0) is 4.79 Å². The molecule has 2 atom stereocenters. The maximum absolute atomic E-state index is 13.4. The van der Waals surface area contributed by atoms with E-state index in [9.17, 15) is 23.5 Å². The predicted octanol–water partition coefficient (Wildman–Crippen LogP) is 3.30. The summed E-state index contributed by atoms with van der Waals surface area (Å²) in [4.78, 5) is 38.7. The van der Waals surface area contributed by atoms with Gasteiger partial charge in [0.1, 0.15) is 5.75 Å². The van der Waals surface area contributed by atoms with E-state index >= 15 is 0 Å². The molecule has 4 heterocycles. The van der Waals surface area contributed by atoms with Crippen LogP contribution in [0.25, 0.3) is 16.9 Å². The van der Waals surface area contributed by atoms with Gasteiger partial charge in [0.15, 0.2) is 11.5 Å². The average molecular weight is 606 g/mol. The molecule has 2 unspecified atom stereocenters. The first kappa shape index (κ1) is 29.5. The number of piperazine rings is 1. The fraction of sp³-hybridized carbons (Fsp3) is 0.355. The number of rotatable bonds is 7. The molecular weight excluding hydrogens is 572 g/mol. The summed E-state index contributed by atoms with van der Waals surface area (Å²) in [7, 11) is 0. The van der Waals surface area contributed by atoms with Gasteiger partial charge >= 0.3 is 6.61 Å². The smallest absolute Gasteiger partial charge is 0.387 e. The Labute approximate surface area is 252 Å². The number of alkyl halides is 2. The van der Waals surface area contributed by atoms with Gasteiger partial charge in [0.05, 0.1) is 23.9 Å². The van der Waals surface area contributed by atoms with Gasteiger partial charge in [-0.2, -0.15) is 8.78 Å². The Bertz CT molecular complexity index is 1660. The molecule has 3 N–H and O–H groups in total. The number of β-amino-alcohol motifs (C(OH)–C–C–N with tert-alkyl or cyclic N) is 1. The van der Waals surface area contributed by atoms with Crippen LogP contribution in [-0.4, -0.2) is 93.1 Å². The molecule has 11 nitrogen and oxygen atoms in total. The minimum atomic E-state index is -2.89. The van der Waals surface area contributed by atoms with Gasteiger partial charge in [-0.25, -0.2) is 9.97 Å². The van der Waals surface area contributed by atoms with Crippen LogP contribution >= 0.6 is 0 Å². The van der Waals surface area contributed by atoms with Crippen molar-refractivity contribution in [2.24, 2.45) is 5.92 Å². The number of halogens is 2. The summed E-state index contributed by atoms with van der Waals surface area (Å²) in [6, 6.07) is 11.7. The minimum Gasteiger partial charge on any atom is -0.435 e. The van der Waals surface area contributed by atoms with Crippen molar-refractivity contribution in [3.63, 3.8) is 0 Å². The lowest BCUT2D eigenvalue weighted by molar-refractivity contribution is -0.142. The van der Waals surface area contributed by atoms with E-state index in [0.717, 1.165) is 29.9 Å². The molecule has 6 rings (SSSR count). The summed E-state index contributed by atoms with van der Waals surface area (Å²) < 4.78 is 31.3. The first-order valence-electron chi connectivity index (χ1n) is 14.5. The SMILES string of the molecule is Cc1cc(Nc2nccn3c(-c4ccc(OC(F)F)cc4)cnc23)ccc1C(=O)N1CCC(C(=O)N2CCNCC2)C(O)C1. The normalized spacial score (nSPS) is 18.9. The first-order chi connectivity index (χ1) is 21.3. The minimum absolute atomic E-state index is 0.0386. The number of benzene rings is 2. The van der Waals surface area contributed by atoms with Crippen LogP contribution in [0.1, 0.15) is 22.3 Å². The average Bonchev–Trinajstić information content (AvgIpc) is 3.46. The van der Waals surface area contributed by atoms with Crippen molar-refractivity contribution >= 4 is 29.0 Å². The number of aryl methyl sites for hydroxylation is 1. The van der Waals surface area contributed by atoms with Crippen LogP contribution in [0.2, 0.25) is 0 Å². The van der Waals surface area contributed by atoms with Gasteiger partial charge < -0.3 is 30.3 Å². The quantitative estimate of drug-likeness (QED) is 0.293. The van der Waals surface area contributed by atoms with E-state index in [0.29, 0.717) is 48.8 Å². The third-order valence-electron chi connectivity index (χ3n) is 8.14. The molecule has 0 aliphatic carbocycles. The number of aliphatic hydroxyl groups excluding tert-OH is 1. The van der Waals surface area contributed by atoms with E-state index < -0.39 is 18.6 Å². The Hall–Kier alpha value is -4.62. The fourth-order valence-corrected chi connectivity index (χ4v) is 5.84. The van der Waals surface area contributed by atoms with Gasteiger partial charge in [0, 0.05) is 68.5 Å². The zero-order chi connectivity index (χ0) is 30.8. The largest absolute Gasteiger partial charge is 0.435 e. The van der Waals surface area contributed by atoms with Crippen molar-refractivity contribution in [2.75, 3.05) is 44.6 Å². The summed E-state index contributed by atoms with van der Waals surface area (Å²) >= 11 is 0. The highest BCUT2D eigenvalue weighted by atomic mass is 19.3. The molecule has 2 amide bonds. The number of ether oxygens (including phenoxy) is 1. The molecule has 2 saturated heterocycles. The van der Waals surface area contributed by atoms with Crippen molar-refractivity contribution in [1.29, 1.82) is 0 Å². The van der Waals surface area contributed by atoms with Crippen LogP contribution in [0, 0.1) is 12.8 Å². The van der Waals surface area contributed by atoms with Crippen molar-refractivity contribution in [3.05, 3.63) is 72.2 Å². The molecule has 0 radical (unpaired) electrons. The Kier molecular flexibility index (Phi) is 8.40. The van der Waals surface area contributed by atoms with Gasteiger partial charge in [-0.05, 0) is 61.4 Å². The number of carbonyl (C=O) groups is 2. The number of aromatic nitrogens is 3. The molecule has 230 valence electrons. The Balaban J connectivity index is 1.13. The number of nitrogens with one attached hydrogen (secondary N) is 2. The van der Waals surface area contributed by atoms with E-state index in [-0.39, 0.29) is 24.1 Å². The summed E-state index contributed by atoms with van der Waals surface area (Å²) in [5.74, 6) is -0.163. The van der Waals surface area contributed by atoms with Crippen LogP contribution in [0.4, 0.5) is 20.3 Å². The third-order valence-corrected chi connectivity index (χ3v) is 8.14. The van der Waals surface area contributed by atoms with E-state index in [1.807, 2.05) is 17.4 Å². The van der Waals surface area contributed by atoms with Gasteiger partial charge in [-0.1, -0.05) is 0 Å².